The second-order valence-corrected chi connectivity index (χ2v) is 14.0. The number of aliphatic carboxylic acids is 1. The first-order chi connectivity index (χ1) is 22.5. The SMILES string of the molecule is COc1cccc(Cc2cnc(C(Cc3ccc(C4CC(=O)NS4(=O)=O)cc3)NS(=O)(=O)c3cccc(F)c3)[nH]2)c1.O=C(O)C(F)(F)F. The zero-order valence-corrected chi connectivity index (χ0v) is 26.5. The van der Waals surface area contributed by atoms with E-state index < -0.39 is 55.2 Å². The molecule has 1 amide bonds. The van der Waals surface area contributed by atoms with Crippen LogP contribution in [0.1, 0.15) is 45.9 Å². The Bertz CT molecular complexity index is 2000. The highest BCUT2D eigenvalue weighted by Crippen LogP contribution is 2.31. The fraction of sp³-hybridized carbons (Fsp3) is 0.233. The van der Waals surface area contributed by atoms with Gasteiger partial charge >= 0.3 is 12.1 Å². The summed E-state index contributed by atoms with van der Waals surface area (Å²) in [5.41, 5.74) is 2.83. The first-order valence-electron chi connectivity index (χ1n) is 13.8. The maximum atomic E-state index is 13.8. The molecule has 1 aliphatic rings. The summed E-state index contributed by atoms with van der Waals surface area (Å²) < 4.78 is 106. The van der Waals surface area contributed by atoms with Crippen LogP contribution < -0.4 is 14.2 Å². The molecule has 2 unspecified atom stereocenters. The van der Waals surface area contributed by atoms with Crippen LogP contribution in [0.4, 0.5) is 17.6 Å². The second kappa shape index (κ2) is 14.5. The number of sulfonamides is 2. The number of carboxylic acid groups (broad SMARTS) is 1. The van der Waals surface area contributed by atoms with Crippen LogP contribution in [0.3, 0.4) is 0 Å². The van der Waals surface area contributed by atoms with E-state index in [9.17, 15) is 39.2 Å². The van der Waals surface area contributed by atoms with Crippen molar-refractivity contribution in [2.75, 3.05) is 7.11 Å². The number of amides is 1. The van der Waals surface area contributed by atoms with Crippen molar-refractivity contribution < 1.29 is 53.8 Å². The number of H-pyrrole nitrogens is 1. The summed E-state index contributed by atoms with van der Waals surface area (Å²) in [6, 6.07) is 17.9. The van der Waals surface area contributed by atoms with Gasteiger partial charge in [-0.1, -0.05) is 42.5 Å². The number of carbonyl (C=O) groups excluding carboxylic acids is 1. The fourth-order valence-electron chi connectivity index (χ4n) is 4.68. The first kappa shape index (κ1) is 36.0. The summed E-state index contributed by atoms with van der Waals surface area (Å²) in [7, 11) is -6.36. The van der Waals surface area contributed by atoms with Crippen molar-refractivity contribution in [3.8, 4) is 5.75 Å². The molecule has 0 saturated carbocycles. The maximum Gasteiger partial charge on any atom is 0.490 e. The molecule has 12 nitrogen and oxygen atoms in total. The number of hydrogen-bond acceptors (Lipinski definition) is 8. The predicted octanol–water partition coefficient (Wildman–Crippen LogP) is 3.93. The lowest BCUT2D eigenvalue weighted by Gasteiger charge is -2.18. The number of alkyl halides is 3. The molecule has 0 bridgehead atoms. The number of benzene rings is 3. The van der Waals surface area contributed by atoms with Crippen molar-refractivity contribution >= 4 is 31.9 Å². The summed E-state index contributed by atoms with van der Waals surface area (Å²) in [5, 5.41) is 6.13. The van der Waals surface area contributed by atoms with Gasteiger partial charge < -0.3 is 14.8 Å². The molecule has 18 heteroatoms. The van der Waals surface area contributed by atoms with E-state index in [1.54, 1.807) is 37.6 Å². The lowest BCUT2D eigenvalue weighted by Crippen LogP contribution is -2.31. The van der Waals surface area contributed by atoms with E-state index in [0.29, 0.717) is 29.1 Å². The van der Waals surface area contributed by atoms with Gasteiger partial charge in [0.1, 0.15) is 22.6 Å². The molecule has 256 valence electrons. The van der Waals surface area contributed by atoms with E-state index in [0.717, 1.165) is 23.4 Å². The quantitative estimate of drug-likeness (QED) is 0.177. The lowest BCUT2D eigenvalue weighted by molar-refractivity contribution is -0.192. The highest BCUT2D eigenvalue weighted by atomic mass is 32.2. The Kier molecular flexibility index (Phi) is 10.9. The molecular weight excluding hydrogens is 684 g/mol. The van der Waals surface area contributed by atoms with Crippen LogP contribution in [0.5, 0.6) is 5.75 Å². The predicted molar refractivity (Wildman–Crippen MR) is 162 cm³/mol. The molecule has 0 spiro atoms. The average molecular weight is 713 g/mol. The Balaban J connectivity index is 0.000000671. The monoisotopic (exact) mass is 712 g/mol. The number of aromatic amines is 1. The molecule has 1 saturated heterocycles. The summed E-state index contributed by atoms with van der Waals surface area (Å²) >= 11 is 0. The van der Waals surface area contributed by atoms with Gasteiger partial charge in [0.15, 0.2) is 0 Å². The van der Waals surface area contributed by atoms with E-state index in [2.05, 4.69) is 14.7 Å². The van der Waals surface area contributed by atoms with E-state index >= 15 is 0 Å². The molecular formula is C30H28F4N4O8S2. The molecule has 2 atom stereocenters. The van der Waals surface area contributed by atoms with Crippen molar-refractivity contribution in [1.29, 1.82) is 0 Å². The molecule has 1 fully saturated rings. The van der Waals surface area contributed by atoms with Gasteiger partial charge in [-0.3, -0.25) is 9.52 Å². The average Bonchev–Trinajstić information content (AvgIpc) is 3.59. The van der Waals surface area contributed by atoms with Crippen LogP contribution in [0.15, 0.2) is 83.9 Å². The number of imidazole rings is 1. The minimum Gasteiger partial charge on any atom is -0.497 e. The molecule has 3 aromatic carbocycles. The maximum absolute atomic E-state index is 13.8. The smallest absolute Gasteiger partial charge is 0.490 e. The number of rotatable bonds is 10. The van der Waals surface area contributed by atoms with Gasteiger partial charge in [0.25, 0.3) is 0 Å². The van der Waals surface area contributed by atoms with Crippen LogP contribution in [0, 0.1) is 5.82 Å². The zero-order chi connectivity index (χ0) is 35.3. The van der Waals surface area contributed by atoms with Crippen molar-refractivity contribution in [2.45, 2.75) is 41.6 Å². The van der Waals surface area contributed by atoms with Crippen molar-refractivity contribution in [3.05, 3.63) is 113 Å². The van der Waals surface area contributed by atoms with Gasteiger partial charge in [-0.05, 0) is 53.4 Å². The Labute approximate surface area is 272 Å². The van der Waals surface area contributed by atoms with Crippen LogP contribution in [-0.4, -0.2) is 57.1 Å². The number of ether oxygens (including phenoxy) is 1. The summed E-state index contributed by atoms with van der Waals surface area (Å²) in [5.74, 6) is -2.95. The van der Waals surface area contributed by atoms with Gasteiger partial charge in [-0.15, -0.1) is 0 Å². The van der Waals surface area contributed by atoms with Crippen molar-refractivity contribution in [1.82, 2.24) is 19.4 Å². The number of nitrogens with one attached hydrogen (secondary N) is 3. The lowest BCUT2D eigenvalue weighted by atomic mass is 10.0. The highest BCUT2D eigenvalue weighted by Gasteiger charge is 2.39. The number of nitrogens with zero attached hydrogens (tertiary/aromatic N) is 1. The van der Waals surface area contributed by atoms with E-state index in [1.165, 1.54) is 12.1 Å². The Morgan fingerprint density at radius 2 is 1.75 bits per heavy atom. The van der Waals surface area contributed by atoms with Crippen LogP contribution in [-0.2, 0) is 42.5 Å². The topological polar surface area (TPSA) is 185 Å². The van der Waals surface area contributed by atoms with Gasteiger partial charge in [-0.2, -0.15) is 13.2 Å². The number of carboxylic acids is 1. The Morgan fingerprint density at radius 1 is 1.08 bits per heavy atom. The number of carbonyl (C=O) groups is 2. The molecule has 48 heavy (non-hydrogen) atoms. The Morgan fingerprint density at radius 3 is 2.33 bits per heavy atom. The molecule has 4 aromatic rings. The van der Waals surface area contributed by atoms with Crippen LogP contribution in [0.25, 0.3) is 0 Å². The molecule has 1 aliphatic heterocycles. The highest BCUT2D eigenvalue weighted by molar-refractivity contribution is 7.90. The molecule has 0 aliphatic carbocycles. The van der Waals surface area contributed by atoms with E-state index in [-0.39, 0.29) is 17.7 Å². The third kappa shape index (κ3) is 9.39. The van der Waals surface area contributed by atoms with E-state index in [1.807, 2.05) is 29.0 Å². The van der Waals surface area contributed by atoms with Crippen LogP contribution >= 0.6 is 0 Å². The number of aromatic nitrogens is 2. The van der Waals surface area contributed by atoms with E-state index in [4.69, 9.17) is 14.6 Å². The molecule has 5 rings (SSSR count). The minimum absolute atomic E-state index is 0.148. The first-order valence-corrected chi connectivity index (χ1v) is 16.9. The number of hydrogen-bond donors (Lipinski definition) is 4. The van der Waals surface area contributed by atoms with Gasteiger partial charge in [-0.25, -0.2) is 35.7 Å². The molecule has 2 heterocycles. The fourth-order valence-corrected chi connectivity index (χ4v) is 7.34. The molecule has 1 aromatic heterocycles. The minimum atomic E-state index is -5.08. The summed E-state index contributed by atoms with van der Waals surface area (Å²) in [4.78, 5) is 27.9. The third-order valence-electron chi connectivity index (χ3n) is 6.95. The molecule has 4 N–H and O–H groups in total. The van der Waals surface area contributed by atoms with Gasteiger partial charge in [0.2, 0.25) is 26.0 Å². The number of methoxy groups -OCH3 is 1. The molecule has 0 radical (unpaired) electrons. The summed E-state index contributed by atoms with van der Waals surface area (Å²) in [6.07, 6.45) is -2.99. The van der Waals surface area contributed by atoms with Gasteiger partial charge in [0.05, 0.1) is 24.5 Å². The van der Waals surface area contributed by atoms with Crippen LogP contribution in [0.2, 0.25) is 0 Å². The van der Waals surface area contributed by atoms with Crippen molar-refractivity contribution in [3.63, 3.8) is 0 Å². The zero-order valence-electron chi connectivity index (χ0n) is 24.9. The normalized spacial score (nSPS) is 16.4. The third-order valence-corrected chi connectivity index (χ3v) is 10.1. The van der Waals surface area contributed by atoms with Crippen molar-refractivity contribution in [2.24, 2.45) is 0 Å². The largest absolute Gasteiger partial charge is 0.497 e. The second-order valence-electron chi connectivity index (χ2n) is 10.5. The standard InChI is InChI=1S/C28H27FN4O6S2.C2HF3O2/c1-39-23-6-2-4-19(13-23)12-22-17-30-28(31-22)25(32-40(35,36)24-7-3-5-21(29)15-24)14-18-8-10-20(11-9-18)26-16-27(34)33-41(26,37)38;3-2(4,5)1(6)7/h2-11,13,15,17,25-26,32H,12,14,16H2,1H3,(H,30,31)(H,33,34);(H,6,7). The Hall–Kier alpha value is -4.81. The number of halogens is 4. The summed E-state index contributed by atoms with van der Waals surface area (Å²) in [6.45, 7) is 0. The van der Waals surface area contributed by atoms with Gasteiger partial charge in [0, 0.05) is 18.3 Å².